The molecule has 0 atom stereocenters. The summed E-state index contributed by atoms with van der Waals surface area (Å²) in [4.78, 5) is 6.52. The molecule has 0 aliphatic heterocycles. The van der Waals surface area contributed by atoms with Crippen LogP contribution in [0.1, 0.15) is 4.88 Å². The Morgan fingerprint density at radius 1 is 1.40 bits per heavy atom. The minimum atomic E-state index is 0.144. The third-order valence-corrected chi connectivity index (χ3v) is 5.21. The summed E-state index contributed by atoms with van der Waals surface area (Å²) in [6, 6.07) is 3.82. The average Bonchev–Trinajstić information content (AvgIpc) is 2.75. The summed E-state index contributed by atoms with van der Waals surface area (Å²) in [7, 11) is 0. The molecule has 80 valence electrons. The van der Waals surface area contributed by atoms with Crippen molar-refractivity contribution in [3.05, 3.63) is 25.9 Å². The van der Waals surface area contributed by atoms with Crippen LogP contribution in [0.25, 0.3) is 9.88 Å². The number of rotatable bonds is 3. The van der Waals surface area contributed by atoms with Gasteiger partial charge in [0.05, 0.1) is 9.21 Å². The highest BCUT2D eigenvalue weighted by atomic mass is 79.9. The zero-order chi connectivity index (χ0) is 10.8. The fourth-order valence-electron chi connectivity index (χ4n) is 1.12. The summed E-state index contributed by atoms with van der Waals surface area (Å²) in [6.45, 7) is 0.144. The third kappa shape index (κ3) is 2.60. The molecule has 0 saturated carbocycles. The van der Waals surface area contributed by atoms with Gasteiger partial charge in [0, 0.05) is 17.9 Å². The van der Waals surface area contributed by atoms with E-state index in [2.05, 4.69) is 20.9 Å². The monoisotopic (exact) mass is 323 g/mol. The summed E-state index contributed by atoms with van der Waals surface area (Å²) in [5.74, 6) is 0. The van der Waals surface area contributed by atoms with Crippen molar-refractivity contribution < 1.29 is 5.11 Å². The van der Waals surface area contributed by atoms with E-state index in [0.29, 0.717) is 6.42 Å². The Bertz CT molecular complexity index is 468. The van der Waals surface area contributed by atoms with Crippen LogP contribution in [0.5, 0.6) is 0 Å². The summed E-state index contributed by atoms with van der Waals surface area (Å²) in [5, 5.41) is 9.81. The van der Waals surface area contributed by atoms with Crippen molar-refractivity contribution in [2.45, 2.75) is 6.42 Å². The van der Waals surface area contributed by atoms with Gasteiger partial charge in [-0.25, -0.2) is 4.98 Å². The molecular formula is C9H7BrClNOS2. The van der Waals surface area contributed by atoms with Gasteiger partial charge in [-0.2, -0.15) is 0 Å². The van der Waals surface area contributed by atoms with E-state index in [1.807, 2.05) is 12.1 Å². The number of thiazole rings is 1. The van der Waals surface area contributed by atoms with Crippen LogP contribution in [0, 0.1) is 0 Å². The SMILES string of the molecule is OCCc1sc(-c2ccc(Cl)s2)nc1Br. The molecule has 1 N–H and O–H groups in total. The molecule has 0 fully saturated rings. The van der Waals surface area contributed by atoms with E-state index in [1.165, 1.54) is 11.3 Å². The fourth-order valence-corrected chi connectivity index (χ4v) is 3.90. The lowest BCUT2D eigenvalue weighted by Crippen LogP contribution is -1.86. The molecule has 2 rings (SSSR count). The van der Waals surface area contributed by atoms with Crippen molar-refractivity contribution >= 4 is 50.2 Å². The maximum Gasteiger partial charge on any atom is 0.135 e. The van der Waals surface area contributed by atoms with Gasteiger partial charge in [-0.15, -0.1) is 22.7 Å². The maximum absolute atomic E-state index is 8.87. The van der Waals surface area contributed by atoms with Gasteiger partial charge in [-0.05, 0) is 28.1 Å². The van der Waals surface area contributed by atoms with Crippen molar-refractivity contribution in [2.75, 3.05) is 6.61 Å². The van der Waals surface area contributed by atoms with Gasteiger partial charge in [-0.3, -0.25) is 0 Å². The van der Waals surface area contributed by atoms with Crippen LogP contribution < -0.4 is 0 Å². The summed E-state index contributed by atoms with van der Waals surface area (Å²) >= 11 is 12.3. The largest absolute Gasteiger partial charge is 0.396 e. The van der Waals surface area contributed by atoms with Crippen LogP contribution in [0.3, 0.4) is 0 Å². The number of hydrogen-bond acceptors (Lipinski definition) is 4. The van der Waals surface area contributed by atoms with E-state index < -0.39 is 0 Å². The first-order valence-electron chi connectivity index (χ1n) is 4.22. The smallest absolute Gasteiger partial charge is 0.135 e. The van der Waals surface area contributed by atoms with Crippen LogP contribution in [0.2, 0.25) is 4.34 Å². The first-order chi connectivity index (χ1) is 7.20. The summed E-state index contributed by atoms with van der Waals surface area (Å²) < 4.78 is 1.58. The number of aliphatic hydroxyl groups excluding tert-OH is 1. The van der Waals surface area contributed by atoms with Crippen LogP contribution in [-0.4, -0.2) is 16.7 Å². The molecule has 15 heavy (non-hydrogen) atoms. The molecule has 0 spiro atoms. The predicted octanol–water partition coefficient (Wildman–Crippen LogP) is 3.82. The Balaban J connectivity index is 2.33. The van der Waals surface area contributed by atoms with E-state index in [0.717, 1.165) is 23.7 Å². The zero-order valence-corrected chi connectivity index (χ0v) is 11.5. The van der Waals surface area contributed by atoms with Gasteiger partial charge >= 0.3 is 0 Å². The van der Waals surface area contributed by atoms with Crippen molar-refractivity contribution in [1.82, 2.24) is 4.98 Å². The van der Waals surface area contributed by atoms with Gasteiger partial charge in [0.15, 0.2) is 0 Å². The Kier molecular flexibility index (Phi) is 3.79. The van der Waals surface area contributed by atoms with Gasteiger partial charge in [0.1, 0.15) is 9.61 Å². The topological polar surface area (TPSA) is 33.1 Å². The van der Waals surface area contributed by atoms with Crippen molar-refractivity contribution in [3.63, 3.8) is 0 Å². The quantitative estimate of drug-likeness (QED) is 0.931. The predicted molar refractivity (Wildman–Crippen MR) is 68.9 cm³/mol. The number of aromatic nitrogens is 1. The van der Waals surface area contributed by atoms with Gasteiger partial charge < -0.3 is 5.11 Å². The molecule has 0 unspecified atom stereocenters. The number of halogens is 2. The lowest BCUT2D eigenvalue weighted by Gasteiger charge is -1.89. The van der Waals surface area contributed by atoms with Crippen LogP contribution in [0.4, 0.5) is 0 Å². The van der Waals surface area contributed by atoms with Crippen molar-refractivity contribution in [2.24, 2.45) is 0 Å². The molecule has 0 aliphatic carbocycles. The minimum Gasteiger partial charge on any atom is -0.396 e. The minimum absolute atomic E-state index is 0.144. The molecule has 0 aliphatic rings. The highest BCUT2D eigenvalue weighted by Crippen LogP contribution is 2.36. The second-order valence-corrected chi connectivity index (χ2v) is 6.36. The second-order valence-electron chi connectivity index (χ2n) is 2.81. The molecule has 0 radical (unpaired) electrons. The number of hydrogen-bond donors (Lipinski definition) is 1. The molecule has 2 heterocycles. The van der Waals surface area contributed by atoms with Gasteiger partial charge in [0.25, 0.3) is 0 Å². The normalized spacial score (nSPS) is 10.9. The van der Waals surface area contributed by atoms with E-state index in [4.69, 9.17) is 16.7 Å². The Morgan fingerprint density at radius 3 is 2.80 bits per heavy atom. The summed E-state index contributed by atoms with van der Waals surface area (Å²) in [6.07, 6.45) is 0.636. The van der Waals surface area contributed by atoms with Crippen LogP contribution in [-0.2, 0) is 6.42 Å². The molecule has 6 heteroatoms. The molecule has 0 aromatic carbocycles. The first-order valence-corrected chi connectivity index (χ1v) is 7.03. The van der Waals surface area contributed by atoms with Crippen molar-refractivity contribution in [3.8, 4) is 9.88 Å². The Morgan fingerprint density at radius 2 is 2.20 bits per heavy atom. The lowest BCUT2D eigenvalue weighted by molar-refractivity contribution is 0.300. The molecule has 2 nitrogen and oxygen atoms in total. The molecule has 0 saturated heterocycles. The molecule has 2 aromatic rings. The first kappa shape index (κ1) is 11.5. The molecule has 0 amide bonds. The number of nitrogens with zero attached hydrogens (tertiary/aromatic N) is 1. The molecule has 0 bridgehead atoms. The fraction of sp³-hybridized carbons (Fsp3) is 0.222. The van der Waals surface area contributed by atoms with Crippen LogP contribution >= 0.6 is 50.2 Å². The lowest BCUT2D eigenvalue weighted by atomic mass is 10.4. The summed E-state index contributed by atoms with van der Waals surface area (Å²) in [5.41, 5.74) is 0. The van der Waals surface area contributed by atoms with E-state index in [-0.39, 0.29) is 6.61 Å². The second kappa shape index (κ2) is 4.93. The molecular weight excluding hydrogens is 318 g/mol. The maximum atomic E-state index is 8.87. The van der Waals surface area contributed by atoms with Crippen LogP contribution in [0.15, 0.2) is 16.7 Å². The number of aliphatic hydroxyl groups is 1. The van der Waals surface area contributed by atoms with Gasteiger partial charge in [0.2, 0.25) is 0 Å². The van der Waals surface area contributed by atoms with Gasteiger partial charge in [-0.1, -0.05) is 11.6 Å². The highest BCUT2D eigenvalue weighted by molar-refractivity contribution is 9.10. The standard InChI is InChI=1S/C9H7BrClNOS2/c10-8-5(3-4-13)15-9(12-8)6-1-2-7(11)14-6/h1-2,13H,3-4H2. The highest BCUT2D eigenvalue weighted by Gasteiger charge is 2.11. The van der Waals surface area contributed by atoms with Crippen molar-refractivity contribution in [1.29, 1.82) is 0 Å². The number of thiophene rings is 1. The zero-order valence-electron chi connectivity index (χ0n) is 7.54. The Hall–Kier alpha value is 0.0600. The third-order valence-electron chi connectivity index (χ3n) is 1.77. The molecule has 2 aromatic heterocycles. The van der Waals surface area contributed by atoms with E-state index in [9.17, 15) is 0 Å². The Labute approximate surface area is 109 Å². The van der Waals surface area contributed by atoms with E-state index in [1.54, 1.807) is 11.3 Å². The van der Waals surface area contributed by atoms with E-state index >= 15 is 0 Å². The average molecular weight is 325 g/mol.